The van der Waals surface area contributed by atoms with Crippen LogP contribution in [0.5, 0.6) is 5.75 Å². The van der Waals surface area contributed by atoms with Crippen LogP contribution in [-0.4, -0.2) is 30.6 Å². The molecular formula is C12H15NO2. The van der Waals surface area contributed by atoms with Crippen LogP contribution < -0.4 is 0 Å². The van der Waals surface area contributed by atoms with Gasteiger partial charge in [-0.25, -0.2) is 0 Å². The first-order valence-electron chi connectivity index (χ1n) is 5.25. The normalized spacial score (nSPS) is 21.2. The molecule has 1 aromatic carbocycles. The molecule has 1 saturated heterocycles. The number of benzene rings is 1. The van der Waals surface area contributed by atoms with E-state index in [0.29, 0.717) is 6.54 Å². The van der Waals surface area contributed by atoms with Crippen molar-refractivity contribution in [3.8, 4) is 5.75 Å². The van der Waals surface area contributed by atoms with Gasteiger partial charge in [0.1, 0.15) is 5.75 Å². The SMILES string of the molecule is Oc1ccccc1C=NC[C@@H]1CCCO1. The summed E-state index contributed by atoms with van der Waals surface area (Å²) >= 11 is 0. The van der Waals surface area contributed by atoms with Crippen molar-refractivity contribution in [1.29, 1.82) is 0 Å². The fourth-order valence-electron chi connectivity index (χ4n) is 1.65. The van der Waals surface area contributed by atoms with Gasteiger partial charge in [0.2, 0.25) is 0 Å². The van der Waals surface area contributed by atoms with E-state index in [1.54, 1.807) is 18.3 Å². The minimum absolute atomic E-state index is 0.270. The van der Waals surface area contributed by atoms with Crippen molar-refractivity contribution in [2.24, 2.45) is 4.99 Å². The Labute approximate surface area is 89.4 Å². The van der Waals surface area contributed by atoms with Crippen molar-refractivity contribution in [3.63, 3.8) is 0 Å². The average molecular weight is 205 g/mol. The zero-order valence-corrected chi connectivity index (χ0v) is 8.60. The van der Waals surface area contributed by atoms with E-state index >= 15 is 0 Å². The molecule has 1 aromatic rings. The third-order valence-electron chi connectivity index (χ3n) is 2.50. The van der Waals surface area contributed by atoms with Crippen molar-refractivity contribution in [2.45, 2.75) is 18.9 Å². The lowest BCUT2D eigenvalue weighted by Crippen LogP contribution is -2.08. The Morgan fingerprint density at radius 2 is 2.33 bits per heavy atom. The number of hydrogen-bond acceptors (Lipinski definition) is 3. The number of aromatic hydroxyl groups is 1. The van der Waals surface area contributed by atoms with Crippen LogP contribution in [0.1, 0.15) is 18.4 Å². The minimum atomic E-state index is 0.270. The highest BCUT2D eigenvalue weighted by Gasteiger charge is 2.13. The highest BCUT2D eigenvalue weighted by Crippen LogP contribution is 2.14. The Morgan fingerprint density at radius 1 is 1.47 bits per heavy atom. The van der Waals surface area contributed by atoms with Gasteiger partial charge in [0.05, 0.1) is 12.6 Å². The number of nitrogens with zero attached hydrogens (tertiary/aromatic N) is 1. The van der Waals surface area contributed by atoms with Crippen LogP contribution in [0.3, 0.4) is 0 Å². The maximum Gasteiger partial charge on any atom is 0.124 e. The molecule has 1 aliphatic rings. The van der Waals surface area contributed by atoms with E-state index in [4.69, 9.17) is 4.74 Å². The first-order valence-corrected chi connectivity index (χ1v) is 5.25. The van der Waals surface area contributed by atoms with Crippen LogP contribution in [0.4, 0.5) is 0 Å². The monoisotopic (exact) mass is 205 g/mol. The van der Waals surface area contributed by atoms with E-state index in [9.17, 15) is 5.11 Å². The fraction of sp³-hybridized carbons (Fsp3) is 0.417. The topological polar surface area (TPSA) is 41.8 Å². The van der Waals surface area contributed by atoms with Gasteiger partial charge in [-0.1, -0.05) is 12.1 Å². The summed E-state index contributed by atoms with van der Waals surface area (Å²) < 4.78 is 5.44. The Morgan fingerprint density at radius 3 is 3.07 bits per heavy atom. The standard InChI is InChI=1S/C12H15NO2/c14-12-6-2-1-4-10(12)8-13-9-11-5-3-7-15-11/h1-2,4,6,8,11,14H,3,5,7,9H2/t11-/m0/s1. The molecule has 1 atom stereocenters. The maximum atomic E-state index is 9.48. The number of phenols is 1. The molecule has 2 rings (SSSR count). The Hall–Kier alpha value is -1.35. The summed E-state index contributed by atoms with van der Waals surface area (Å²) in [6.45, 7) is 1.55. The molecule has 0 saturated carbocycles. The Bertz CT molecular complexity index is 343. The summed E-state index contributed by atoms with van der Waals surface area (Å²) in [5.41, 5.74) is 0.760. The number of rotatable bonds is 3. The van der Waals surface area contributed by atoms with Crippen LogP contribution in [0.25, 0.3) is 0 Å². The second-order valence-corrected chi connectivity index (χ2v) is 3.69. The summed E-state index contributed by atoms with van der Waals surface area (Å²) in [5, 5.41) is 9.48. The molecule has 0 amide bonds. The molecule has 1 heterocycles. The van der Waals surface area contributed by atoms with Crippen molar-refractivity contribution in [3.05, 3.63) is 29.8 Å². The number of aliphatic imine (C=N–C) groups is 1. The predicted octanol–water partition coefficient (Wildman–Crippen LogP) is 1.99. The molecule has 15 heavy (non-hydrogen) atoms. The highest BCUT2D eigenvalue weighted by atomic mass is 16.5. The highest BCUT2D eigenvalue weighted by molar-refractivity contribution is 5.83. The summed E-state index contributed by atoms with van der Waals surface area (Å²) in [6.07, 6.45) is 4.21. The molecule has 80 valence electrons. The van der Waals surface area contributed by atoms with Crippen LogP contribution in [0.2, 0.25) is 0 Å². The van der Waals surface area contributed by atoms with Gasteiger partial charge in [0, 0.05) is 18.4 Å². The maximum absolute atomic E-state index is 9.48. The Kier molecular flexibility index (Phi) is 3.35. The van der Waals surface area contributed by atoms with Crippen LogP contribution in [-0.2, 0) is 4.74 Å². The van der Waals surface area contributed by atoms with Gasteiger partial charge in [0.15, 0.2) is 0 Å². The smallest absolute Gasteiger partial charge is 0.124 e. The van der Waals surface area contributed by atoms with Crippen molar-refractivity contribution < 1.29 is 9.84 Å². The van der Waals surface area contributed by atoms with Gasteiger partial charge < -0.3 is 9.84 Å². The number of phenolic OH excluding ortho intramolecular Hbond substituents is 1. The van der Waals surface area contributed by atoms with E-state index in [1.807, 2.05) is 12.1 Å². The lowest BCUT2D eigenvalue weighted by Gasteiger charge is -2.04. The van der Waals surface area contributed by atoms with Gasteiger partial charge in [-0.3, -0.25) is 4.99 Å². The lowest BCUT2D eigenvalue weighted by molar-refractivity contribution is 0.118. The predicted molar refractivity (Wildman–Crippen MR) is 59.5 cm³/mol. The van der Waals surface area contributed by atoms with Crippen molar-refractivity contribution in [2.75, 3.05) is 13.2 Å². The van der Waals surface area contributed by atoms with Gasteiger partial charge in [-0.2, -0.15) is 0 Å². The summed E-state index contributed by atoms with van der Waals surface area (Å²) in [5.74, 6) is 0.272. The van der Waals surface area contributed by atoms with E-state index in [0.717, 1.165) is 25.0 Å². The molecule has 0 aliphatic carbocycles. The third-order valence-corrected chi connectivity index (χ3v) is 2.50. The van der Waals surface area contributed by atoms with E-state index in [-0.39, 0.29) is 11.9 Å². The largest absolute Gasteiger partial charge is 0.507 e. The fourth-order valence-corrected chi connectivity index (χ4v) is 1.65. The van der Waals surface area contributed by atoms with Crippen LogP contribution in [0.15, 0.2) is 29.3 Å². The quantitative estimate of drug-likeness (QED) is 0.767. The lowest BCUT2D eigenvalue weighted by atomic mass is 10.2. The molecule has 3 nitrogen and oxygen atoms in total. The first kappa shape index (κ1) is 10.2. The first-order chi connectivity index (χ1) is 7.36. The molecule has 0 aromatic heterocycles. The van der Waals surface area contributed by atoms with E-state index < -0.39 is 0 Å². The van der Waals surface area contributed by atoms with Crippen LogP contribution >= 0.6 is 0 Å². The average Bonchev–Trinajstić information content (AvgIpc) is 2.74. The number of ether oxygens (including phenoxy) is 1. The molecule has 3 heteroatoms. The van der Waals surface area contributed by atoms with Gasteiger partial charge in [-0.15, -0.1) is 0 Å². The number of para-hydroxylation sites is 1. The molecule has 0 spiro atoms. The number of hydrogen-bond donors (Lipinski definition) is 1. The van der Waals surface area contributed by atoms with E-state index in [1.165, 1.54) is 0 Å². The summed E-state index contributed by atoms with van der Waals surface area (Å²) in [7, 11) is 0. The van der Waals surface area contributed by atoms with E-state index in [2.05, 4.69) is 4.99 Å². The molecule has 0 bridgehead atoms. The second-order valence-electron chi connectivity index (χ2n) is 3.69. The Balaban J connectivity index is 1.90. The molecule has 0 radical (unpaired) electrons. The van der Waals surface area contributed by atoms with Gasteiger partial charge >= 0.3 is 0 Å². The van der Waals surface area contributed by atoms with Gasteiger partial charge in [0.25, 0.3) is 0 Å². The zero-order valence-electron chi connectivity index (χ0n) is 8.60. The van der Waals surface area contributed by atoms with Crippen molar-refractivity contribution >= 4 is 6.21 Å². The third kappa shape index (κ3) is 2.80. The summed E-state index contributed by atoms with van der Waals surface area (Å²) in [4.78, 5) is 4.27. The van der Waals surface area contributed by atoms with Crippen LogP contribution in [0, 0.1) is 0 Å². The molecular weight excluding hydrogens is 190 g/mol. The minimum Gasteiger partial charge on any atom is -0.507 e. The molecule has 1 fully saturated rings. The second kappa shape index (κ2) is 4.94. The molecule has 1 N–H and O–H groups in total. The molecule has 0 unspecified atom stereocenters. The summed E-state index contributed by atoms with van der Waals surface area (Å²) in [6, 6.07) is 7.18. The van der Waals surface area contributed by atoms with Crippen molar-refractivity contribution in [1.82, 2.24) is 0 Å². The van der Waals surface area contributed by atoms with Gasteiger partial charge in [-0.05, 0) is 25.0 Å². The zero-order chi connectivity index (χ0) is 10.5. The molecule has 1 aliphatic heterocycles.